The van der Waals surface area contributed by atoms with Crippen molar-refractivity contribution in [1.29, 1.82) is 0 Å². The minimum Gasteiger partial charge on any atom is -0.339 e. The van der Waals surface area contributed by atoms with Crippen molar-refractivity contribution in [1.82, 2.24) is 9.88 Å². The summed E-state index contributed by atoms with van der Waals surface area (Å²) < 4.78 is 1.06. The summed E-state index contributed by atoms with van der Waals surface area (Å²) in [7, 11) is 0. The van der Waals surface area contributed by atoms with Crippen LogP contribution in [0, 0.1) is 6.92 Å². The van der Waals surface area contributed by atoms with Gasteiger partial charge in [-0.05, 0) is 38.9 Å². The number of nitrogens with zero attached hydrogens (tertiary/aromatic N) is 2. The first-order chi connectivity index (χ1) is 9.15. The Morgan fingerprint density at radius 1 is 1.53 bits per heavy atom. The molecular weight excluding hydrogens is 276 g/mol. The van der Waals surface area contributed by atoms with Crippen molar-refractivity contribution in [3.8, 4) is 0 Å². The van der Waals surface area contributed by atoms with Crippen LogP contribution in [0.2, 0.25) is 0 Å². The number of piperidine rings is 1. The fourth-order valence-electron chi connectivity index (χ4n) is 2.64. The number of rotatable bonds is 4. The van der Waals surface area contributed by atoms with E-state index in [-0.39, 0.29) is 5.91 Å². The first-order valence-corrected chi connectivity index (χ1v) is 8.99. The molecule has 1 aliphatic heterocycles. The van der Waals surface area contributed by atoms with Crippen molar-refractivity contribution in [2.24, 2.45) is 0 Å². The van der Waals surface area contributed by atoms with E-state index in [9.17, 15) is 4.79 Å². The molecule has 1 aromatic heterocycles. The van der Waals surface area contributed by atoms with Crippen molar-refractivity contribution in [2.45, 2.75) is 56.3 Å². The van der Waals surface area contributed by atoms with Gasteiger partial charge in [-0.1, -0.05) is 18.7 Å². The maximum absolute atomic E-state index is 12.5. The average Bonchev–Trinajstić information content (AvgIpc) is 2.79. The van der Waals surface area contributed by atoms with Crippen molar-refractivity contribution in [2.75, 3.05) is 12.8 Å². The Kier molecular flexibility index (Phi) is 5.28. The molecule has 0 spiro atoms. The summed E-state index contributed by atoms with van der Waals surface area (Å²) in [5.74, 6) is 0.283. The van der Waals surface area contributed by atoms with Gasteiger partial charge in [0, 0.05) is 17.5 Å². The number of likely N-dealkylation sites (tertiary alicyclic amines) is 1. The Balaban J connectivity index is 2.04. The molecule has 0 aromatic carbocycles. The molecule has 0 radical (unpaired) electrons. The normalized spacial score (nSPS) is 19.7. The number of hydrogen-bond acceptors (Lipinski definition) is 4. The van der Waals surface area contributed by atoms with Crippen LogP contribution in [-0.2, 0) is 11.2 Å². The van der Waals surface area contributed by atoms with Crippen LogP contribution in [0.4, 0.5) is 0 Å². The molecule has 106 valence electrons. The van der Waals surface area contributed by atoms with Gasteiger partial charge in [0.1, 0.15) is 4.34 Å². The van der Waals surface area contributed by atoms with Gasteiger partial charge in [0.15, 0.2) is 0 Å². The van der Waals surface area contributed by atoms with Crippen LogP contribution in [0.3, 0.4) is 0 Å². The lowest BCUT2D eigenvalue weighted by molar-refractivity contribution is -0.134. The molecule has 0 aliphatic carbocycles. The average molecular weight is 298 g/mol. The number of amides is 1. The maximum atomic E-state index is 12.5. The highest BCUT2D eigenvalue weighted by Crippen LogP contribution is 2.27. The molecule has 1 aromatic rings. The first-order valence-electron chi connectivity index (χ1n) is 6.95. The fraction of sp³-hybridized carbons (Fsp3) is 0.714. The van der Waals surface area contributed by atoms with Gasteiger partial charge in [0.05, 0.1) is 12.1 Å². The molecule has 3 nitrogen and oxygen atoms in total. The highest BCUT2D eigenvalue weighted by molar-refractivity contribution is 8.00. The molecule has 5 heteroatoms. The van der Waals surface area contributed by atoms with Gasteiger partial charge in [0.25, 0.3) is 0 Å². The molecule has 2 heterocycles. The summed E-state index contributed by atoms with van der Waals surface area (Å²) in [6, 6.07) is 0.453. The Morgan fingerprint density at radius 3 is 2.95 bits per heavy atom. The molecule has 1 unspecified atom stereocenters. The van der Waals surface area contributed by atoms with E-state index < -0.39 is 0 Å². The molecule has 1 saturated heterocycles. The Labute approximate surface area is 123 Å². The second-order valence-electron chi connectivity index (χ2n) is 5.01. The minimum atomic E-state index is 0.283. The monoisotopic (exact) mass is 298 g/mol. The van der Waals surface area contributed by atoms with E-state index in [0.29, 0.717) is 12.5 Å². The van der Waals surface area contributed by atoms with Gasteiger partial charge in [-0.25, -0.2) is 4.98 Å². The molecule has 1 amide bonds. The first kappa shape index (κ1) is 14.9. The van der Waals surface area contributed by atoms with E-state index in [2.05, 4.69) is 16.8 Å². The number of aromatic nitrogens is 1. The van der Waals surface area contributed by atoms with E-state index >= 15 is 0 Å². The van der Waals surface area contributed by atoms with E-state index in [1.165, 1.54) is 12.8 Å². The highest BCUT2D eigenvalue weighted by Gasteiger charge is 2.26. The molecule has 0 bridgehead atoms. The second kappa shape index (κ2) is 6.75. The zero-order valence-corrected chi connectivity index (χ0v) is 13.6. The number of carbonyl (C=O) groups is 1. The van der Waals surface area contributed by atoms with Crippen LogP contribution < -0.4 is 0 Å². The second-order valence-corrected chi connectivity index (χ2v) is 7.15. The largest absolute Gasteiger partial charge is 0.339 e. The summed E-state index contributed by atoms with van der Waals surface area (Å²) in [6.45, 7) is 5.12. The van der Waals surface area contributed by atoms with E-state index in [1.54, 1.807) is 23.1 Å². The Hall–Kier alpha value is -0.550. The highest BCUT2D eigenvalue weighted by atomic mass is 32.2. The van der Waals surface area contributed by atoms with Gasteiger partial charge in [-0.15, -0.1) is 11.3 Å². The van der Waals surface area contributed by atoms with E-state index in [0.717, 1.165) is 34.3 Å². The number of thiazole rings is 1. The molecule has 19 heavy (non-hydrogen) atoms. The zero-order valence-electron chi connectivity index (χ0n) is 11.9. The van der Waals surface area contributed by atoms with Crippen molar-refractivity contribution < 1.29 is 4.79 Å². The van der Waals surface area contributed by atoms with Crippen LogP contribution >= 0.6 is 23.1 Å². The van der Waals surface area contributed by atoms with Crippen LogP contribution in [0.5, 0.6) is 0 Å². The predicted octanol–water partition coefficient (Wildman–Crippen LogP) is 3.51. The quantitative estimate of drug-likeness (QED) is 0.798. The predicted molar refractivity (Wildman–Crippen MR) is 82.0 cm³/mol. The number of aryl methyl sites for hydroxylation is 1. The lowest BCUT2D eigenvalue weighted by Gasteiger charge is -2.35. The molecule has 0 N–H and O–H groups in total. The third-order valence-corrected chi connectivity index (χ3v) is 5.92. The van der Waals surface area contributed by atoms with Gasteiger partial charge >= 0.3 is 0 Å². The van der Waals surface area contributed by atoms with Crippen LogP contribution in [0.25, 0.3) is 0 Å². The van der Waals surface area contributed by atoms with Crippen molar-refractivity contribution in [3.05, 3.63) is 10.6 Å². The standard InChI is InChI=1S/C14H22N2OS2/c1-4-11-7-5-6-8-16(11)13(17)9-12-10(2)15-14(18-3)19-12/h11H,4-9H2,1-3H3. The topological polar surface area (TPSA) is 33.2 Å². The minimum absolute atomic E-state index is 0.283. The van der Waals surface area contributed by atoms with E-state index in [4.69, 9.17) is 0 Å². The number of carbonyl (C=O) groups excluding carboxylic acids is 1. The Morgan fingerprint density at radius 2 is 2.32 bits per heavy atom. The summed E-state index contributed by atoms with van der Waals surface area (Å²) in [4.78, 5) is 20.2. The summed E-state index contributed by atoms with van der Waals surface area (Å²) in [6.07, 6.45) is 7.21. The van der Waals surface area contributed by atoms with Gasteiger partial charge in [-0.3, -0.25) is 4.79 Å². The fourth-order valence-corrected chi connectivity index (χ4v) is 4.29. The maximum Gasteiger partial charge on any atom is 0.228 e. The van der Waals surface area contributed by atoms with Gasteiger partial charge in [-0.2, -0.15) is 0 Å². The zero-order chi connectivity index (χ0) is 13.8. The Bertz CT molecular complexity index is 445. The lowest BCUT2D eigenvalue weighted by Crippen LogP contribution is -2.44. The van der Waals surface area contributed by atoms with Crippen molar-refractivity contribution in [3.63, 3.8) is 0 Å². The van der Waals surface area contributed by atoms with Gasteiger partial charge < -0.3 is 4.90 Å². The molecular formula is C14H22N2OS2. The van der Waals surface area contributed by atoms with Crippen LogP contribution in [-0.4, -0.2) is 34.6 Å². The smallest absolute Gasteiger partial charge is 0.228 e. The third kappa shape index (κ3) is 3.51. The summed E-state index contributed by atoms with van der Waals surface area (Å²) in [5.41, 5.74) is 1.02. The van der Waals surface area contributed by atoms with Crippen LogP contribution in [0.15, 0.2) is 4.34 Å². The van der Waals surface area contributed by atoms with Crippen molar-refractivity contribution >= 4 is 29.0 Å². The van der Waals surface area contributed by atoms with E-state index in [1.807, 2.05) is 13.2 Å². The molecule has 1 fully saturated rings. The number of hydrogen-bond donors (Lipinski definition) is 0. The SMILES string of the molecule is CCC1CCCCN1C(=O)Cc1sc(SC)nc1C. The van der Waals surface area contributed by atoms with Gasteiger partial charge in [0.2, 0.25) is 5.91 Å². The summed E-state index contributed by atoms with van der Waals surface area (Å²) in [5, 5.41) is 0. The molecule has 1 atom stereocenters. The number of thioether (sulfide) groups is 1. The third-order valence-electron chi connectivity index (χ3n) is 3.78. The molecule has 2 rings (SSSR count). The lowest BCUT2D eigenvalue weighted by atomic mass is 9.99. The molecule has 0 saturated carbocycles. The van der Waals surface area contributed by atoms with Crippen LogP contribution in [0.1, 0.15) is 43.2 Å². The molecule has 1 aliphatic rings. The summed E-state index contributed by atoms with van der Waals surface area (Å²) >= 11 is 3.32.